The van der Waals surface area contributed by atoms with E-state index in [-0.39, 0.29) is 18.0 Å². The summed E-state index contributed by atoms with van der Waals surface area (Å²) in [4.78, 5) is 13.7. The molecular formula is C11H15N3O3. The number of nitro groups is 1. The number of aromatic nitrogens is 1. The highest BCUT2D eigenvalue weighted by molar-refractivity contribution is 5.44. The maximum absolute atomic E-state index is 10.4. The Bertz CT molecular complexity index is 393. The Balaban J connectivity index is 1.96. The van der Waals surface area contributed by atoms with Crippen LogP contribution in [0.4, 0.5) is 11.5 Å². The minimum absolute atomic E-state index is 0.153. The van der Waals surface area contributed by atoms with Gasteiger partial charge in [0.1, 0.15) is 0 Å². The van der Waals surface area contributed by atoms with E-state index in [2.05, 4.69) is 10.3 Å². The van der Waals surface area contributed by atoms with Crippen molar-refractivity contribution >= 4 is 11.5 Å². The Morgan fingerprint density at radius 3 is 2.88 bits per heavy atom. The van der Waals surface area contributed by atoms with Crippen LogP contribution in [0.2, 0.25) is 0 Å². The van der Waals surface area contributed by atoms with Crippen molar-refractivity contribution in [2.75, 3.05) is 5.32 Å². The molecule has 2 N–H and O–H groups in total. The molecule has 17 heavy (non-hydrogen) atoms. The molecule has 2 atom stereocenters. The Hall–Kier alpha value is -1.69. The zero-order chi connectivity index (χ0) is 12.3. The maximum atomic E-state index is 10.4. The highest BCUT2D eigenvalue weighted by Crippen LogP contribution is 2.22. The van der Waals surface area contributed by atoms with E-state index in [1.807, 2.05) is 0 Å². The van der Waals surface area contributed by atoms with Crippen LogP contribution in [-0.4, -0.2) is 27.2 Å². The second kappa shape index (κ2) is 5.09. The monoisotopic (exact) mass is 237 g/mol. The summed E-state index contributed by atoms with van der Waals surface area (Å²) in [7, 11) is 0. The SMILES string of the molecule is O=[N+]([O-])c1ccc(NC2CCCC(O)C2)cn1. The van der Waals surface area contributed by atoms with Crippen molar-refractivity contribution in [3.05, 3.63) is 28.4 Å². The lowest BCUT2D eigenvalue weighted by Crippen LogP contribution is -2.29. The summed E-state index contributed by atoms with van der Waals surface area (Å²) in [6, 6.07) is 3.25. The van der Waals surface area contributed by atoms with Crippen LogP contribution in [0.25, 0.3) is 0 Å². The first kappa shape index (κ1) is 11.8. The van der Waals surface area contributed by atoms with E-state index in [0.29, 0.717) is 0 Å². The van der Waals surface area contributed by atoms with Gasteiger partial charge in [0.25, 0.3) is 0 Å². The van der Waals surface area contributed by atoms with E-state index in [9.17, 15) is 15.2 Å². The fraction of sp³-hybridized carbons (Fsp3) is 0.545. The normalized spacial score (nSPS) is 24.3. The molecule has 0 bridgehead atoms. The van der Waals surface area contributed by atoms with Gasteiger partial charge in [0.2, 0.25) is 0 Å². The van der Waals surface area contributed by atoms with Crippen molar-refractivity contribution in [3.8, 4) is 0 Å². The Morgan fingerprint density at radius 2 is 2.29 bits per heavy atom. The first-order chi connectivity index (χ1) is 8.15. The van der Waals surface area contributed by atoms with Gasteiger partial charge in [-0.15, -0.1) is 0 Å². The number of hydrogen-bond acceptors (Lipinski definition) is 5. The highest BCUT2D eigenvalue weighted by Gasteiger charge is 2.20. The Morgan fingerprint density at radius 1 is 1.47 bits per heavy atom. The third-order valence-corrected chi connectivity index (χ3v) is 2.95. The van der Waals surface area contributed by atoms with Crippen molar-refractivity contribution in [1.82, 2.24) is 4.98 Å². The molecular weight excluding hydrogens is 222 g/mol. The first-order valence-electron chi connectivity index (χ1n) is 5.70. The molecule has 1 fully saturated rings. The number of anilines is 1. The fourth-order valence-electron chi connectivity index (χ4n) is 2.11. The van der Waals surface area contributed by atoms with Crippen molar-refractivity contribution in [2.24, 2.45) is 0 Å². The number of pyridine rings is 1. The van der Waals surface area contributed by atoms with Crippen molar-refractivity contribution in [2.45, 2.75) is 37.8 Å². The predicted molar refractivity (Wildman–Crippen MR) is 62.8 cm³/mol. The number of hydrogen-bond donors (Lipinski definition) is 2. The van der Waals surface area contributed by atoms with Gasteiger partial charge < -0.3 is 20.5 Å². The predicted octanol–water partition coefficient (Wildman–Crippen LogP) is 1.71. The van der Waals surface area contributed by atoms with Crippen LogP contribution >= 0.6 is 0 Å². The number of nitrogens with zero attached hydrogens (tertiary/aromatic N) is 2. The van der Waals surface area contributed by atoms with Crippen LogP contribution < -0.4 is 5.32 Å². The topological polar surface area (TPSA) is 88.3 Å². The number of nitrogens with one attached hydrogen (secondary N) is 1. The molecule has 1 heterocycles. The Kier molecular flexibility index (Phi) is 3.53. The molecule has 0 radical (unpaired) electrons. The summed E-state index contributed by atoms with van der Waals surface area (Å²) < 4.78 is 0. The first-order valence-corrected chi connectivity index (χ1v) is 5.70. The molecule has 1 saturated carbocycles. The van der Waals surface area contributed by atoms with Crippen LogP contribution in [-0.2, 0) is 0 Å². The summed E-state index contributed by atoms with van der Waals surface area (Å²) in [6.07, 6.45) is 4.80. The van der Waals surface area contributed by atoms with Crippen molar-refractivity contribution < 1.29 is 10.0 Å². The lowest BCUT2D eigenvalue weighted by Gasteiger charge is -2.26. The van der Waals surface area contributed by atoms with Gasteiger partial charge in [-0.1, -0.05) is 0 Å². The molecule has 0 aromatic carbocycles. The minimum atomic E-state index is -0.520. The molecule has 0 spiro atoms. The number of aliphatic hydroxyl groups is 1. The van der Waals surface area contributed by atoms with Crippen LogP contribution in [0.15, 0.2) is 18.3 Å². The molecule has 2 unspecified atom stereocenters. The summed E-state index contributed by atoms with van der Waals surface area (Å²) in [5.41, 5.74) is 0.759. The third-order valence-electron chi connectivity index (χ3n) is 2.95. The van der Waals surface area contributed by atoms with E-state index in [1.54, 1.807) is 6.07 Å². The van der Waals surface area contributed by atoms with Crippen molar-refractivity contribution in [1.29, 1.82) is 0 Å². The van der Waals surface area contributed by atoms with Crippen LogP contribution in [0.1, 0.15) is 25.7 Å². The van der Waals surface area contributed by atoms with Gasteiger partial charge in [0.15, 0.2) is 6.20 Å². The largest absolute Gasteiger partial charge is 0.393 e. The zero-order valence-corrected chi connectivity index (χ0v) is 9.37. The Labute approximate surface area is 98.8 Å². The van der Waals surface area contributed by atoms with Crippen LogP contribution in [0.3, 0.4) is 0 Å². The molecule has 6 nitrogen and oxygen atoms in total. The van der Waals surface area contributed by atoms with Gasteiger partial charge in [0, 0.05) is 12.1 Å². The number of aliphatic hydroxyl groups excluding tert-OH is 1. The van der Waals surface area contributed by atoms with E-state index in [0.717, 1.165) is 31.4 Å². The quantitative estimate of drug-likeness (QED) is 0.617. The molecule has 1 aliphatic rings. The van der Waals surface area contributed by atoms with E-state index < -0.39 is 4.92 Å². The molecule has 92 valence electrons. The maximum Gasteiger partial charge on any atom is 0.363 e. The smallest absolute Gasteiger partial charge is 0.363 e. The molecule has 6 heteroatoms. The molecule has 1 aliphatic carbocycles. The van der Waals surface area contributed by atoms with Gasteiger partial charge >= 0.3 is 5.82 Å². The molecule has 0 saturated heterocycles. The zero-order valence-electron chi connectivity index (χ0n) is 9.37. The standard InChI is InChI=1S/C11H15N3O3/c15-10-3-1-2-8(6-10)13-9-4-5-11(12-7-9)14(16)17/h4-5,7-8,10,13,15H,1-3,6H2. The second-order valence-corrected chi connectivity index (χ2v) is 4.32. The third kappa shape index (κ3) is 3.13. The van der Waals surface area contributed by atoms with Crippen LogP contribution in [0, 0.1) is 10.1 Å². The minimum Gasteiger partial charge on any atom is -0.393 e. The van der Waals surface area contributed by atoms with E-state index in [4.69, 9.17) is 0 Å². The lowest BCUT2D eigenvalue weighted by molar-refractivity contribution is -0.389. The average molecular weight is 237 g/mol. The van der Waals surface area contributed by atoms with Crippen molar-refractivity contribution in [3.63, 3.8) is 0 Å². The van der Waals surface area contributed by atoms with Gasteiger partial charge in [-0.2, -0.15) is 0 Å². The molecule has 1 aromatic heterocycles. The summed E-state index contributed by atoms with van der Waals surface area (Å²) in [6.45, 7) is 0. The number of rotatable bonds is 3. The van der Waals surface area contributed by atoms with Gasteiger partial charge in [0.05, 0.1) is 11.8 Å². The van der Waals surface area contributed by atoms with Gasteiger partial charge in [-0.3, -0.25) is 0 Å². The lowest BCUT2D eigenvalue weighted by atomic mass is 9.93. The van der Waals surface area contributed by atoms with Gasteiger partial charge in [-0.25, -0.2) is 0 Å². The molecule has 2 rings (SSSR count). The fourth-order valence-corrected chi connectivity index (χ4v) is 2.11. The molecule has 0 amide bonds. The summed E-state index contributed by atoms with van der Waals surface area (Å²) >= 11 is 0. The highest BCUT2D eigenvalue weighted by atomic mass is 16.6. The average Bonchev–Trinajstić information content (AvgIpc) is 2.29. The van der Waals surface area contributed by atoms with E-state index >= 15 is 0 Å². The summed E-state index contributed by atoms with van der Waals surface area (Å²) in [5.74, 6) is -0.153. The molecule has 0 aliphatic heterocycles. The summed E-state index contributed by atoms with van der Waals surface area (Å²) in [5, 5.41) is 23.2. The van der Waals surface area contributed by atoms with Gasteiger partial charge in [-0.05, 0) is 41.7 Å². The second-order valence-electron chi connectivity index (χ2n) is 4.32. The molecule has 1 aromatic rings. The van der Waals surface area contributed by atoms with Crippen LogP contribution in [0.5, 0.6) is 0 Å². The van der Waals surface area contributed by atoms with E-state index in [1.165, 1.54) is 12.3 Å².